The number of aliphatic imine (C=N–C) groups is 1. The predicted molar refractivity (Wildman–Crippen MR) is 94.4 cm³/mol. The van der Waals surface area contributed by atoms with Crippen LogP contribution in [0, 0.1) is 5.41 Å². The van der Waals surface area contributed by atoms with Gasteiger partial charge in [0.15, 0.2) is 5.96 Å². The maximum absolute atomic E-state index is 8.05. The van der Waals surface area contributed by atoms with Gasteiger partial charge in [-0.15, -0.1) is 0 Å². The van der Waals surface area contributed by atoms with Gasteiger partial charge in [-0.1, -0.05) is 23.2 Å². The van der Waals surface area contributed by atoms with Crippen LogP contribution in [0.1, 0.15) is 0 Å². The molecule has 2 rings (SSSR count). The number of nitrogens with zero attached hydrogens (tertiary/aromatic N) is 2. The van der Waals surface area contributed by atoms with Crippen LogP contribution in [-0.2, 0) is 0 Å². The van der Waals surface area contributed by atoms with Crippen LogP contribution >= 0.6 is 35.0 Å². The van der Waals surface area contributed by atoms with Crippen LogP contribution < -0.4 is 15.1 Å². The number of quaternary nitrogens is 1. The Morgan fingerprint density at radius 3 is 2.24 bits per heavy atom. The Hall–Kier alpha value is -0.950. The molecule has 1 fully saturated rings. The van der Waals surface area contributed by atoms with Gasteiger partial charge in [0, 0.05) is 25.2 Å². The highest BCUT2D eigenvalue weighted by Gasteiger charge is 2.27. The van der Waals surface area contributed by atoms with E-state index in [0.717, 1.165) is 18.8 Å². The van der Waals surface area contributed by atoms with Crippen LogP contribution in [0.15, 0.2) is 17.1 Å². The van der Waals surface area contributed by atoms with Gasteiger partial charge in [-0.25, -0.2) is 14.9 Å². The lowest BCUT2D eigenvalue weighted by Gasteiger charge is -2.28. The lowest BCUT2D eigenvalue weighted by molar-refractivity contribution is 0.602. The second kappa shape index (κ2) is 6.44. The first-order valence-corrected chi connectivity index (χ1v) is 8.37. The largest absolute Gasteiger partial charge is 0.354 e. The zero-order valence-corrected chi connectivity index (χ0v) is 14.5. The lowest BCUT2D eigenvalue weighted by atomic mass is 10.2. The van der Waals surface area contributed by atoms with E-state index in [2.05, 4.69) is 15.6 Å². The minimum atomic E-state index is 0.286. The zero-order valence-electron chi connectivity index (χ0n) is 12.1. The fourth-order valence-corrected chi connectivity index (χ4v) is 3.06. The Labute approximate surface area is 138 Å². The van der Waals surface area contributed by atoms with Crippen molar-refractivity contribution in [2.45, 2.75) is 0 Å². The Kier molecular flexibility index (Phi) is 5.03. The topological polar surface area (TPSA) is 60.3 Å². The molecule has 0 atom stereocenters. The van der Waals surface area contributed by atoms with Crippen LogP contribution in [-0.4, -0.2) is 44.6 Å². The number of guanidine groups is 1. The monoisotopic (exact) mass is 346 g/mol. The van der Waals surface area contributed by atoms with Crippen LogP contribution in [0.4, 0.5) is 11.4 Å². The van der Waals surface area contributed by atoms with Gasteiger partial charge in [0.1, 0.15) is 11.4 Å². The summed E-state index contributed by atoms with van der Waals surface area (Å²) in [6.45, 7) is 1.67. The number of hydrogen-bond donors (Lipinski definition) is 3. The minimum absolute atomic E-state index is 0.286. The molecule has 0 amide bonds. The molecular formula is C13H18Cl2N5S+. The minimum Gasteiger partial charge on any atom is -0.354 e. The average Bonchev–Trinajstić information content (AvgIpc) is 2.94. The number of nitrogens with one attached hydrogen (secondary N) is 3. The molecule has 3 N–H and O–H groups in total. The highest BCUT2D eigenvalue weighted by Crippen LogP contribution is 2.39. The third-order valence-electron chi connectivity index (χ3n) is 3.28. The Balaban J connectivity index is 2.42. The third-order valence-corrected chi connectivity index (χ3v) is 4.70. The molecule has 114 valence electrons. The SMILES string of the molecule is CSC(=N)[N+](C)(C)c1cc(Cl)c(N=C2NCCN2)c(Cl)c1. The summed E-state index contributed by atoms with van der Waals surface area (Å²) in [4.78, 5) is 4.41. The van der Waals surface area contributed by atoms with Gasteiger partial charge in [-0.2, -0.15) is 0 Å². The molecule has 0 bridgehead atoms. The van der Waals surface area contributed by atoms with Crippen LogP contribution in [0.3, 0.4) is 0 Å². The highest BCUT2D eigenvalue weighted by atomic mass is 35.5. The van der Waals surface area contributed by atoms with E-state index >= 15 is 0 Å². The molecule has 8 heteroatoms. The summed E-state index contributed by atoms with van der Waals surface area (Å²) in [5.74, 6) is 0.678. The molecule has 1 aromatic rings. The molecule has 1 heterocycles. The summed E-state index contributed by atoms with van der Waals surface area (Å²) in [7, 11) is 3.85. The van der Waals surface area contributed by atoms with Gasteiger partial charge in [-0.05, 0) is 18.0 Å². The number of benzene rings is 1. The normalized spacial score (nSPS) is 14.6. The van der Waals surface area contributed by atoms with Crippen molar-refractivity contribution in [3.63, 3.8) is 0 Å². The molecule has 1 aromatic carbocycles. The van der Waals surface area contributed by atoms with Crippen molar-refractivity contribution in [1.82, 2.24) is 15.1 Å². The summed E-state index contributed by atoms with van der Waals surface area (Å²) in [6, 6.07) is 3.62. The van der Waals surface area contributed by atoms with Gasteiger partial charge in [-0.3, -0.25) is 0 Å². The van der Waals surface area contributed by atoms with Crippen molar-refractivity contribution >= 4 is 57.5 Å². The number of hydrogen-bond acceptors (Lipinski definition) is 3. The number of halogens is 2. The van der Waals surface area contributed by atoms with Crippen molar-refractivity contribution in [2.24, 2.45) is 4.99 Å². The summed E-state index contributed by atoms with van der Waals surface area (Å²) in [5.41, 5.74) is 1.38. The van der Waals surface area contributed by atoms with E-state index in [1.165, 1.54) is 11.8 Å². The molecule has 1 saturated heterocycles. The number of rotatable bonds is 2. The third kappa shape index (κ3) is 3.45. The standard InChI is InChI=1S/C13H18Cl2N5S/c1-20(2,12(16)21-3)8-6-9(14)11(10(15)7-8)19-13-17-4-5-18-13/h6-7,16H,4-5H2,1-3H3,(H2,17,18,19)/q+1. The molecule has 0 aliphatic carbocycles. The van der Waals surface area contributed by atoms with E-state index in [-0.39, 0.29) is 4.48 Å². The predicted octanol–water partition coefficient (Wildman–Crippen LogP) is 3.04. The van der Waals surface area contributed by atoms with E-state index in [0.29, 0.717) is 26.9 Å². The maximum Gasteiger partial charge on any atom is 0.260 e. The summed E-state index contributed by atoms with van der Waals surface area (Å²) >= 11 is 14.1. The van der Waals surface area contributed by atoms with Gasteiger partial charge in [0.2, 0.25) is 0 Å². The van der Waals surface area contributed by atoms with Crippen molar-refractivity contribution in [1.29, 1.82) is 5.41 Å². The average molecular weight is 347 g/mol. The Morgan fingerprint density at radius 1 is 1.24 bits per heavy atom. The van der Waals surface area contributed by atoms with E-state index in [1.54, 1.807) is 0 Å². The molecule has 5 nitrogen and oxygen atoms in total. The molecule has 0 spiro atoms. The summed E-state index contributed by atoms with van der Waals surface area (Å²) in [5, 5.41) is 15.7. The number of thioether (sulfide) groups is 1. The van der Waals surface area contributed by atoms with Gasteiger partial charge in [0.25, 0.3) is 5.17 Å². The van der Waals surface area contributed by atoms with Crippen LogP contribution in [0.2, 0.25) is 10.0 Å². The van der Waals surface area contributed by atoms with Crippen molar-refractivity contribution in [3.8, 4) is 0 Å². The van der Waals surface area contributed by atoms with E-state index in [9.17, 15) is 0 Å². The molecule has 0 saturated carbocycles. The molecular weight excluding hydrogens is 329 g/mol. The molecule has 0 unspecified atom stereocenters. The molecule has 0 radical (unpaired) electrons. The van der Waals surface area contributed by atoms with Crippen LogP contribution in [0.5, 0.6) is 0 Å². The van der Waals surface area contributed by atoms with Crippen molar-refractivity contribution < 1.29 is 0 Å². The molecule has 21 heavy (non-hydrogen) atoms. The smallest absolute Gasteiger partial charge is 0.260 e. The van der Waals surface area contributed by atoms with E-state index < -0.39 is 0 Å². The summed E-state index contributed by atoms with van der Waals surface area (Å²) < 4.78 is 0.286. The van der Waals surface area contributed by atoms with Gasteiger partial charge in [0.05, 0.1) is 24.1 Å². The van der Waals surface area contributed by atoms with Crippen molar-refractivity contribution in [2.75, 3.05) is 33.4 Å². The second-order valence-electron chi connectivity index (χ2n) is 5.03. The van der Waals surface area contributed by atoms with E-state index in [1.807, 2.05) is 32.5 Å². The first-order chi connectivity index (χ1) is 9.86. The first kappa shape index (κ1) is 16.4. The van der Waals surface area contributed by atoms with Crippen LogP contribution in [0.25, 0.3) is 0 Å². The number of amidine groups is 1. The second-order valence-corrected chi connectivity index (χ2v) is 6.64. The lowest BCUT2D eigenvalue weighted by Crippen LogP contribution is -2.44. The maximum atomic E-state index is 8.05. The van der Waals surface area contributed by atoms with Crippen molar-refractivity contribution in [3.05, 3.63) is 22.2 Å². The Bertz CT molecular complexity index is 569. The van der Waals surface area contributed by atoms with Gasteiger partial charge < -0.3 is 10.6 Å². The molecule has 1 aliphatic rings. The Morgan fingerprint density at radius 2 is 1.76 bits per heavy atom. The fraction of sp³-hybridized carbons (Fsp3) is 0.385. The first-order valence-electron chi connectivity index (χ1n) is 6.39. The fourth-order valence-electron chi connectivity index (χ4n) is 1.94. The van der Waals surface area contributed by atoms with E-state index in [4.69, 9.17) is 28.6 Å². The van der Waals surface area contributed by atoms with Gasteiger partial charge >= 0.3 is 0 Å². The quantitative estimate of drug-likeness (QED) is 0.438. The highest BCUT2D eigenvalue weighted by molar-refractivity contribution is 8.13. The molecule has 0 aromatic heterocycles. The summed E-state index contributed by atoms with van der Waals surface area (Å²) in [6.07, 6.45) is 1.88. The zero-order chi connectivity index (χ0) is 15.6. The molecule has 1 aliphatic heterocycles.